The molecule has 2 heteroatoms. The molecule has 64 valence electrons. The highest BCUT2D eigenvalue weighted by Crippen LogP contribution is 2.11. The van der Waals surface area contributed by atoms with E-state index in [0.29, 0.717) is 6.42 Å². The molecule has 0 amide bonds. The molecule has 1 aromatic carbocycles. The summed E-state index contributed by atoms with van der Waals surface area (Å²) in [6, 6.07) is 9.86. The molecular formula is C10H12ClN. The summed E-state index contributed by atoms with van der Waals surface area (Å²) in [5.41, 5.74) is 6.87. The average Bonchev–Trinajstić information content (AvgIpc) is 2.07. The Morgan fingerprint density at radius 2 is 1.92 bits per heavy atom. The summed E-state index contributed by atoms with van der Waals surface area (Å²) in [7, 11) is 0. The number of rotatable bonds is 2. The van der Waals surface area contributed by atoms with Crippen molar-refractivity contribution in [3.63, 3.8) is 0 Å². The predicted molar refractivity (Wildman–Crippen MR) is 54.1 cm³/mol. The van der Waals surface area contributed by atoms with Gasteiger partial charge in [0.15, 0.2) is 0 Å². The van der Waals surface area contributed by atoms with Gasteiger partial charge in [0.05, 0.1) is 0 Å². The summed E-state index contributed by atoms with van der Waals surface area (Å²) in [5, 5.41) is 0. The molecule has 1 rings (SSSR count). The number of terminal acetylenes is 1. The van der Waals surface area contributed by atoms with Crippen molar-refractivity contribution in [1.29, 1.82) is 0 Å². The zero-order valence-electron chi connectivity index (χ0n) is 6.73. The normalized spacial score (nSPS) is 11.0. The minimum Gasteiger partial charge on any atom is -0.323 e. The maximum absolute atomic E-state index is 5.76. The monoisotopic (exact) mass is 181 g/mol. The van der Waals surface area contributed by atoms with Crippen molar-refractivity contribution < 1.29 is 0 Å². The van der Waals surface area contributed by atoms with Crippen LogP contribution in [0.2, 0.25) is 0 Å². The van der Waals surface area contributed by atoms with Gasteiger partial charge in [0, 0.05) is 12.5 Å². The predicted octanol–water partition coefficient (Wildman–Crippen LogP) is 2.13. The topological polar surface area (TPSA) is 26.0 Å². The summed E-state index contributed by atoms with van der Waals surface area (Å²) in [5.74, 6) is 2.54. The van der Waals surface area contributed by atoms with Gasteiger partial charge >= 0.3 is 0 Å². The maximum Gasteiger partial charge on any atom is 0.0405 e. The highest BCUT2D eigenvalue weighted by molar-refractivity contribution is 5.85. The highest BCUT2D eigenvalue weighted by Gasteiger charge is 2.00. The van der Waals surface area contributed by atoms with Gasteiger partial charge in [0.1, 0.15) is 0 Å². The van der Waals surface area contributed by atoms with Crippen LogP contribution in [0.1, 0.15) is 18.0 Å². The van der Waals surface area contributed by atoms with E-state index in [4.69, 9.17) is 12.2 Å². The van der Waals surface area contributed by atoms with E-state index in [9.17, 15) is 0 Å². The molecule has 1 aromatic rings. The fourth-order valence-electron chi connectivity index (χ4n) is 0.945. The van der Waals surface area contributed by atoms with Gasteiger partial charge in [-0.2, -0.15) is 0 Å². The molecule has 12 heavy (non-hydrogen) atoms. The van der Waals surface area contributed by atoms with Crippen molar-refractivity contribution in [1.82, 2.24) is 0 Å². The molecule has 1 nitrogen and oxygen atoms in total. The first-order chi connectivity index (χ1) is 5.34. The van der Waals surface area contributed by atoms with Gasteiger partial charge in [-0.25, -0.2) is 0 Å². The second-order valence-corrected chi connectivity index (χ2v) is 2.43. The Morgan fingerprint density at radius 3 is 2.42 bits per heavy atom. The molecule has 0 aliphatic rings. The minimum absolute atomic E-state index is 0. The first kappa shape index (κ1) is 11.0. The smallest absolute Gasteiger partial charge is 0.0405 e. The number of nitrogens with two attached hydrogens (primary N) is 1. The van der Waals surface area contributed by atoms with Gasteiger partial charge in [0.25, 0.3) is 0 Å². The lowest BCUT2D eigenvalue weighted by Crippen LogP contribution is -2.08. The Bertz CT molecular complexity index is 250. The van der Waals surface area contributed by atoms with Crippen LogP contribution in [0, 0.1) is 12.3 Å². The summed E-state index contributed by atoms with van der Waals surface area (Å²) in [4.78, 5) is 0. The molecule has 0 fully saturated rings. The van der Waals surface area contributed by atoms with E-state index in [1.807, 2.05) is 30.3 Å². The molecule has 0 spiro atoms. The Kier molecular flexibility index (Phi) is 5.19. The van der Waals surface area contributed by atoms with Gasteiger partial charge in [-0.1, -0.05) is 30.3 Å². The number of benzene rings is 1. The lowest BCUT2D eigenvalue weighted by atomic mass is 10.1. The third kappa shape index (κ3) is 2.96. The van der Waals surface area contributed by atoms with Crippen LogP contribution in [-0.4, -0.2) is 0 Å². The summed E-state index contributed by atoms with van der Waals surface area (Å²) >= 11 is 0. The van der Waals surface area contributed by atoms with E-state index in [1.165, 1.54) is 0 Å². The third-order valence-electron chi connectivity index (χ3n) is 1.57. The number of hydrogen-bond acceptors (Lipinski definition) is 1. The van der Waals surface area contributed by atoms with Crippen molar-refractivity contribution in [2.45, 2.75) is 12.5 Å². The molecular weight excluding hydrogens is 170 g/mol. The van der Waals surface area contributed by atoms with E-state index < -0.39 is 0 Å². The van der Waals surface area contributed by atoms with Gasteiger partial charge < -0.3 is 5.73 Å². The van der Waals surface area contributed by atoms with E-state index >= 15 is 0 Å². The number of halogens is 1. The van der Waals surface area contributed by atoms with Crippen molar-refractivity contribution in [3.8, 4) is 12.3 Å². The standard InChI is InChI=1S/C10H11N.ClH/c1-2-6-10(11)9-7-4-3-5-8-9;/h1,3-5,7-8,10H,6,11H2;1H. The van der Waals surface area contributed by atoms with Crippen LogP contribution in [0.15, 0.2) is 30.3 Å². The second-order valence-electron chi connectivity index (χ2n) is 2.43. The van der Waals surface area contributed by atoms with Crippen LogP contribution in [0.5, 0.6) is 0 Å². The summed E-state index contributed by atoms with van der Waals surface area (Å²) in [6.45, 7) is 0. The van der Waals surface area contributed by atoms with E-state index in [-0.39, 0.29) is 18.4 Å². The van der Waals surface area contributed by atoms with Crippen LogP contribution in [0.4, 0.5) is 0 Å². The van der Waals surface area contributed by atoms with Crippen molar-refractivity contribution in [3.05, 3.63) is 35.9 Å². The molecule has 1 atom stereocenters. The molecule has 0 aliphatic heterocycles. The zero-order valence-corrected chi connectivity index (χ0v) is 7.55. The summed E-state index contributed by atoms with van der Waals surface area (Å²) in [6.07, 6.45) is 5.74. The van der Waals surface area contributed by atoms with E-state index in [0.717, 1.165) is 5.56 Å². The molecule has 0 heterocycles. The van der Waals surface area contributed by atoms with Crippen molar-refractivity contribution in [2.75, 3.05) is 0 Å². The van der Waals surface area contributed by atoms with Crippen LogP contribution in [0.3, 0.4) is 0 Å². The Balaban J connectivity index is 0.00000121. The largest absolute Gasteiger partial charge is 0.323 e. The molecule has 0 saturated heterocycles. The fourth-order valence-corrected chi connectivity index (χ4v) is 0.945. The lowest BCUT2D eigenvalue weighted by molar-refractivity contribution is 0.755. The first-order valence-electron chi connectivity index (χ1n) is 3.58. The van der Waals surface area contributed by atoms with E-state index in [2.05, 4.69) is 5.92 Å². The Morgan fingerprint density at radius 1 is 1.33 bits per heavy atom. The molecule has 2 N–H and O–H groups in total. The average molecular weight is 182 g/mol. The quantitative estimate of drug-likeness (QED) is 0.696. The fraction of sp³-hybridized carbons (Fsp3) is 0.200. The van der Waals surface area contributed by atoms with Gasteiger partial charge in [-0.15, -0.1) is 24.8 Å². The Hall–Kier alpha value is -0.970. The van der Waals surface area contributed by atoms with Gasteiger partial charge in [-0.3, -0.25) is 0 Å². The molecule has 1 unspecified atom stereocenters. The zero-order chi connectivity index (χ0) is 8.10. The Labute approximate surface area is 79.4 Å². The lowest BCUT2D eigenvalue weighted by Gasteiger charge is -2.06. The molecule has 0 aromatic heterocycles. The first-order valence-corrected chi connectivity index (χ1v) is 3.58. The van der Waals surface area contributed by atoms with Crippen LogP contribution in [0.25, 0.3) is 0 Å². The minimum atomic E-state index is -0.0128. The van der Waals surface area contributed by atoms with Gasteiger partial charge in [0.2, 0.25) is 0 Å². The molecule has 0 aliphatic carbocycles. The summed E-state index contributed by atoms with van der Waals surface area (Å²) < 4.78 is 0. The van der Waals surface area contributed by atoms with Crippen molar-refractivity contribution in [2.24, 2.45) is 5.73 Å². The van der Waals surface area contributed by atoms with Crippen LogP contribution < -0.4 is 5.73 Å². The van der Waals surface area contributed by atoms with Crippen LogP contribution in [-0.2, 0) is 0 Å². The molecule has 0 saturated carbocycles. The third-order valence-corrected chi connectivity index (χ3v) is 1.57. The highest BCUT2D eigenvalue weighted by atomic mass is 35.5. The SMILES string of the molecule is C#CCC(N)c1ccccc1.Cl. The number of hydrogen-bond donors (Lipinski definition) is 1. The van der Waals surface area contributed by atoms with Crippen molar-refractivity contribution >= 4 is 12.4 Å². The second kappa shape index (κ2) is 5.65. The van der Waals surface area contributed by atoms with E-state index in [1.54, 1.807) is 0 Å². The molecule has 0 radical (unpaired) electrons. The maximum atomic E-state index is 5.76. The van der Waals surface area contributed by atoms with Crippen LogP contribution >= 0.6 is 12.4 Å². The molecule has 0 bridgehead atoms. The van der Waals surface area contributed by atoms with Gasteiger partial charge in [-0.05, 0) is 5.56 Å².